The van der Waals surface area contributed by atoms with Gasteiger partial charge in [-0.3, -0.25) is 4.79 Å². The zero-order valence-corrected chi connectivity index (χ0v) is 8.19. The van der Waals surface area contributed by atoms with Gasteiger partial charge in [0.2, 0.25) is 6.29 Å². The monoisotopic (exact) mass is 190 g/mol. The molecule has 0 aliphatic heterocycles. The van der Waals surface area contributed by atoms with E-state index in [1.54, 1.807) is 0 Å². The first-order chi connectivity index (χ1) is 6.15. The number of rotatable bonds is 6. The van der Waals surface area contributed by atoms with E-state index in [0.29, 0.717) is 12.8 Å². The molecule has 1 atom stereocenters. The molecule has 4 heteroatoms. The normalized spacial score (nSPS) is 13.0. The van der Waals surface area contributed by atoms with Crippen LogP contribution in [0.5, 0.6) is 0 Å². The number of aliphatic hydroxyl groups is 2. The van der Waals surface area contributed by atoms with E-state index in [1.165, 1.54) is 0 Å². The van der Waals surface area contributed by atoms with Gasteiger partial charge >= 0.3 is 5.97 Å². The lowest BCUT2D eigenvalue weighted by atomic mass is 10.0. The number of ether oxygens (including phenoxy) is 1. The molecular formula is C9H18O4. The molecule has 0 aliphatic carbocycles. The fourth-order valence-corrected chi connectivity index (χ4v) is 1.02. The van der Waals surface area contributed by atoms with E-state index >= 15 is 0 Å². The highest BCUT2D eigenvalue weighted by Gasteiger charge is 2.18. The van der Waals surface area contributed by atoms with Crippen LogP contribution in [0.4, 0.5) is 0 Å². The molecule has 13 heavy (non-hydrogen) atoms. The lowest BCUT2D eigenvalue weighted by molar-refractivity contribution is -0.174. The molecule has 0 saturated heterocycles. The third-order valence-corrected chi connectivity index (χ3v) is 1.95. The van der Waals surface area contributed by atoms with Crippen LogP contribution in [0.2, 0.25) is 0 Å². The second-order valence-corrected chi connectivity index (χ2v) is 2.92. The van der Waals surface area contributed by atoms with E-state index in [0.717, 1.165) is 0 Å². The van der Waals surface area contributed by atoms with E-state index in [9.17, 15) is 4.79 Å². The van der Waals surface area contributed by atoms with Gasteiger partial charge in [-0.05, 0) is 12.8 Å². The van der Waals surface area contributed by atoms with Gasteiger partial charge in [-0.1, -0.05) is 13.8 Å². The van der Waals surface area contributed by atoms with Crippen molar-refractivity contribution in [3.63, 3.8) is 0 Å². The Labute approximate surface area is 78.5 Å². The van der Waals surface area contributed by atoms with Crippen molar-refractivity contribution in [1.29, 1.82) is 0 Å². The van der Waals surface area contributed by atoms with Crippen LogP contribution in [0.3, 0.4) is 0 Å². The summed E-state index contributed by atoms with van der Waals surface area (Å²) >= 11 is 0. The Bertz CT molecular complexity index is 143. The second-order valence-electron chi connectivity index (χ2n) is 2.92. The van der Waals surface area contributed by atoms with Crippen LogP contribution in [0.1, 0.15) is 33.1 Å². The number of aliphatic hydroxyl groups excluding tert-OH is 2. The Balaban J connectivity index is 3.83. The van der Waals surface area contributed by atoms with Gasteiger partial charge in [0.1, 0.15) is 0 Å². The van der Waals surface area contributed by atoms with Gasteiger partial charge in [0.25, 0.3) is 0 Å². The van der Waals surface area contributed by atoms with Crippen molar-refractivity contribution in [2.45, 2.75) is 39.4 Å². The predicted octanol–water partition coefficient (Wildman–Crippen LogP) is 0.667. The maximum atomic E-state index is 11.2. The largest absolute Gasteiger partial charge is 0.436 e. The average molecular weight is 190 g/mol. The van der Waals surface area contributed by atoms with Gasteiger partial charge in [-0.15, -0.1) is 0 Å². The zero-order chi connectivity index (χ0) is 10.3. The number of carbonyl (C=O) groups excluding carboxylic acids is 1. The molecule has 0 saturated carbocycles. The summed E-state index contributed by atoms with van der Waals surface area (Å²) in [7, 11) is 0. The molecular weight excluding hydrogens is 172 g/mol. The molecule has 0 amide bonds. The average Bonchev–Trinajstić information content (AvgIpc) is 2.06. The molecule has 0 bridgehead atoms. The Hall–Kier alpha value is -0.610. The van der Waals surface area contributed by atoms with Crippen molar-refractivity contribution in [3.05, 3.63) is 0 Å². The van der Waals surface area contributed by atoms with Crippen LogP contribution in [-0.4, -0.2) is 29.1 Å². The Morgan fingerprint density at radius 1 is 1.38 bits per heavy atom. The van der Waals surface area contributed by atoms with Crippen LogP contribution in [-0.2, 0) is 9.53 Å². The predicted molar refractivity (Wildman–Crippen MR) is 47.9 cm³/mol. The molecule has 0 fully saturated rings. The summed E-state index contributed by atoms with van der Waals surface area (Å²) in [4.78, 5) is 11.2. The lowest BCUT2D eigenvalue weighted by Crippen LogP contribution is -2.24. The number of hydrogen-bond acceptors (Lipinski definition) is 4. The molecule has 78 valence electrons. The van der Waals surface area contributed by atoms with Gasteiger partial charge in [0.05, 0.1) is 5.92 Å². The highest BCUT2D eigenvalue weighted by molar-refractivity contribution is 5.72. The zero-order valence-electron chi connectivity index (χ0n) is 8.19. The van der Waals surface area contributed by atoms with Crippen molar-refractivity contribution in [2.75, 3.05) is 6.61 Å². The van der Waals surface area contributed by atoms with Gasteiger partial charge < -0.3 is 14.9 Å². The summed E-state index contributed by atoms with van der Waals surface area (Å²) in [5, 5.41) is 17.5. The first kappa shape index (κ1) is 12.4. The standard InChI is InChI=1S/C9H18O4/c1-3-7(4-2)9(12)13-8(11)5-6-10/h7-8,10-11H,3-6H2,1-2H3. The molecule has 1 unspecified atom stereocenters. The maximum absolute atomic E-state index is 11.2. The van der Waals surface area contributed by atoms with Crippen molar-refractivity contribution in [3.8, 4) is 0 Å². The summed E-state index contributed by atoms with van der Waals surface area (Å²) in [5.41, 5.74) is 0. The molecule has 2 N–H and O–H groups in total. The third kappa shape index (κ3) is 4.85. The number of esters is 1. The Morgan fingerprint density at radius 2 is 1.92 bits per heavy atom. The van der Waals surface area contributed by atoms with Crippen LogP contribution < -0.4 is 0 Å². The smallest absolute Gasteiger partial charge is 0.311 e. The minimum Gasteiger partial charge on any atom is -0.436 e. The summed E-state index contributed by atoms with van der Waals surface area (Å²) < 4.78 is 4.69. The van der Waals surface area contributed by atoms with Crippen molar-refractivity contribution in [1.82, 2.24) is 0 Å². The third-order valence-electron chi connectivity index (χ3n) is 1.95. The fraction of sp³-hybridized carbons (Fsp3) is 0.889. The molecule has 0 heterocycles. The van der Waals surface area contributed by atoms with Gasteiger partial charge in [-0.2, -0.15) is 0 Å². The van der Waals surface area contributed by atoms with Crippen LogP contribution in [0.25, 0.3) is 0 Å². The molecule has 4 nitrogen and oxygen atoms in total. The quantitative estimate of drug-likeness (QED) is 0.477. The van der Waals surface area contributed by atoms with Gasteiger partial charge in [0.15, 0.2) is 0 Å². The highest BCUT2D eigenvalue weighted by atomic mass is 16.6. The second kappa shape index (κ2) is 6.86. The first-order valence-electron chi connectivity index (χ1n) is 4.65. The van der Waals surface area contributed by atoms with E-state index < -0.39 is 6.29 Å². The number of hydrogen-bond donors (Lipinski definition) is 2. The minimum atomic E-state index is -1.17. The number of carbonyl (C=O) groups is 1. The van der Waals surface area contributed by atoms with Crippen molar-refractivity contribution < 1.29 is 19.7 Å². The molecule has 0 aliphatic rings. The summed E-state index contributed by atoms with van der Waals surface area (Å²) in [5.74, 6) is -0.528. The molecule has 0 radical (unpaired) electrons. The highest BCUT2D eigenvalue weighted by Crippen LogP contribution is 2.11. The summed E-state index contributed by atoms with van der Waals surface area (Å²) in [6.07, 6.45) is 0.326. The van der Waals surface area contributed by atoms with Crippen LogP contribution in [0.15, 0.2) is 0 Å². The van der Waals surface area contributed by atoms with Gasteiger partial charge in [0, 0.05) is 13.0 Å². The minimum absolute atomic E-state index is 0.0753. The molecule has 0 aromatic carbocycles. The molecule has 0 spiro atoms. The lowest BCUT2D eigenvalue weighted by Gasteiger charge is -2.15. The van der Waals surface area contributed by atoms with E-state index in [1.807, 2.05) is 13.8 Å². The van der Waals surface area contributed by atoms with E-state index in [-0.39, 0.29) is 24.9 Å². The first-order valence-corrected chi connectivity index (χ1v) is 4.65. The van der Waals surface area contributed by atoms with Crippen LogP contribution >= 0.6 is 0 Å². The van der Waals surface area contributed by atoms with Crippen LogP contribution in [0, 0.1) is 5.92 Å². The summed E-state index contributed by atoms with van der Waals surface area (Å²) in [6.45, 7) is 3.61. The topological polar surface area (TPSA) is 66.8 Å². The van der Waals surface area contributed by atoms with E-state index in [2.05, 4.69) is 0 Å². The Morgan fingerprint density at radius 3 is 2.31 bits per heavy atom. The molecule has 0 aromatic heterocycles. The Kier molecular flexibility index (Phi) is 6.54. The summed E-state index contributed by atoms with van der Waals surface area (Å²) in [6, 6.07) is 0. The maximum Gasteiger partial charge on any atom is 0.311 e. The van der Waals surface area contributed by atoms with E-state index in [4.69, 9.17) is 14.9 Å². The molecule has 0 aromatic rings. The SMILES string of the molecule is CCC(CC)C(=O)OC(O)CCO. The molecule has 0 rings (SSSR count). The van der Waals surface area contributed by atoms with Gasteiger partial charge in [-0.25, -0.2) is 0 Å². The fourth-order valence-electron chi connectivity index (χ4n) is 1.02. The van der Waals surface area contributed by atoms with Crippen molar-refractivity contribution >= 4 is 5.97 Å². The van der Waals surface area contributed by atoms with Crippen molar-refractivity contribution in [2.24, 2.45) is 5.92 Å².